The zero-order valence-electron chi connectivity index (χ0n) is 8.28. The van der Waals surface area contributed by atoms with E-state index in [2.05, 4.69) is 21.8 Å². The lowest BCUT2D eigenvalue weighted by Gasteiger charge is -2.24. The average molecular weight is 212 g/mol. The Morgan fingerprint density at radius 1 is 1.64 bits per heavy atom. The minimum absolute atomic E-state index is 0.337. The first-order chi connectivity index (χ1) is 6.81. The molecule has 0 amide bonds. The molecule has 0 aliphatic carbocycles. The Bertz CT molecular complexity index is 316. The van der Waals surface area contributed by atoms with Gasteiger partial charge in [-0.3, -0.25) is 0 Å². The second-order valence-electron chi connectivity index (χ2n) is 3.58. The lowest BCUT2D eigenvalue weighted by atomic mass is 10.2. The fraction of sp³-hybridized carbons (Fsp3) is 0.600. The van der Waals surface area contributed by atoms with Crippen molar-refractivity contribution in [3.05, 3.63) is 17.5 Å². The number of halogens is 1. The predicted molar refractivity (Wildman–Crippen MR) is 57.7 cm³/mol. The molecule has 1 unspecified atom stereocenters. The third kappa shape index (κ3) is 1.82. The van der Waals surface area contributed by atoms with E-state index in [-0.39, 0.29) is 0 Å². The Balaban J connectivity index is 2.21. The number of nitrogens with zero attached hydrogens (tertiary/aromatic N) is 3. The Labute approximate surface area is 89.1 Å². The fourth-order valence-corrected chi connectivity index (χ4v) is 2.19. The molecule has 2 heterocycles. The highest BCUT2D eigenvalue weighted by Gasteiger charge is 2.23. The van der Waals surface area contributed by atoms with Gasteiger partial charge in [-0.1, -0.05) is 6.92 Å². The molecular formula is C10H14ClN3. The number of rotatable bonds is 2. The van der Waals surface area contributed by atoms with Crippen LogP contribution in [-0.4, -0.2) is 22.6 Å². The van der Waals surface area contributed by atoms with E-state index in [9.17, 15) is 0 Å². The van der Waals surface area contributed by atoms with Gasteiger partial charge in [0, 0.05) is 18.8 Å². The van der Waals surface area contributed by atoms with Crippen LogP contribution >= 0.6 is 11.6 Å². The van der Waals surface area contributed by atoms with E-state index in [1.54, 1.807) is 6.20 Å². The molecule has 14 heavy (non-hydrogen) atoms. The Hall–Kier alpha value is -0.830. The van der Waals surface area contributed by atoms with E-state index in [0.717, 1.165) is 12.4 Å². The molecule has 1 aromatic rings. The smallest absolute Gasteiger partial charge is 0.224 e. The molecule has 1 atom stereocenters. The second kappa shape index (κ2) is 4.13. The van der Waals surface area contributed by atoms with Gasteiger partial charge in [-0.25, -0.2) is 9.97 Å². The molecule has 4 heteroatoms. The molecule has 1 aromatic heterocycles. The molecular weight excluding hydrogens is 198 g/mol. The summed E-state index contributed by atoms with van der Waals surface area (Å²) < 4.78 is 0. The van der Waals surface area contributed by atoms with Crippen LogP contribution in [0.3, 0.4) is 0 Å². The molecule has 3 nitrogen and oxygen atoms in total. The molecule has 0 radical (unpaired) electrons. The maximum atomic E-state index is 5.77. The van der Waals surface area contributed by atoms with Gasteiger partial charge >= 0.3 is 0 Å². The zero-order chi connectivity index (χ0) is 9.97. The minimum atomic E-state index is 0.337. The quantitative estimate of drug-likeness (QED) is 0.704. The fourth-order valence-electron chi connectivity index (χ4n) is 2.05. The standard InChI is InChI=1S/C10H14ClN3/c1-2-8-4-3-7-14(8)9-5-6-12-10(11)13-9/h5-6,8H,2-4,7H2,1H3. The van der Waals surface area contributed by atoms with Crippen LogP contribution in [-0.2, 0) is 0 Å². The van der Waals surface area contributed by atoms with Crippen LogP contribution in [0, 0.1) is 0 Å². The first kappa shape index (κ1) is 9.71. The van der Waals surface area contributed by atoms with Crippen molar-refractivity contribution in [1.29, 1.82) is 0 Å². The molecule has 0 aromatic carbocycles. The zero-order valence-corrected chi connectivity index (χ0v) is 9.04. The monoisotopic (exact) mass is 211 g/mol. The van der Waals surface area contributed by atoms with E-state index in [0.29, 0.717) is 11.3 Å². The van der Waals surface area contributed by atoms with Crippen LogP contribution < -0.4 is 4.90 Å². The summed E-state index contributed by atoms with van der Waals surface area (Å²) in [5.41, 5.74) is 0. The largest absolute Gasteiger partial charge is 0.354 e. The van der Waals surface area contributed by atoms with Gasteiger partial charge in [0.2, 0.25) is 5.28 Å². The highest BCUT2D eigenvalue weighted by molar-refractivity contribution is 6.28. The van der Waals surface area contributed by atoms with Gasteiger partial charge in [0.1, 0.15) is 5.82 Å². The summed E-state index contributed by atoms with van der Waals surface area (Å²) in [6.45, 7) is 3.30. The van der Waals surface area contributed by atoms with E-state index in [1.165, 1.54) is 19.3 Å². The number of hydrogen-bond acceptors (Lipinski definition) is 3. The molecule has 0 bridgehead atoms. The van der Waals surface area contributed by atoms with Crippen LogP contribution in [0.5, 0.6) is 0 Å². The summed E-state index contributed by atoms with van der Waals surface area (Å²) in [7, 11) is 0. The van der Waals surface area contributed by atoms with E-state index < -0.39 is 0 Å². The molecule has 2 rings (SSSR count). The summed E-state index contributed by atoms with van der Waals surface area (Å²) in [5, 5.41) is 0.337. The van der Waals surface area contributed by atoms with Crippen molar-refractivity contribution in [3.63, 3.8) is 0 Å². The van der Waals surface area contributed by atoms with Crippen molar-refractivity contribution < 1.29 is 0 Å². The highest BCUT2D eigenvalue weighted by Crippen LogP contribution is 2.25. The van der Waals surface area contributed by atoms with Crippen molar-refractivity contribution in [2.75, 3.05) is 11.4 Å². The molecule has 0 saturated carbocycles. The topological polar surface area (TPSA) is 29.0 Å². The Morgan fingerprint density at radius 2 is 2.50 bits per heavy atom. The van der Waals surface area contributed by atoms with Crippen molar-refractivity contribution in [3.8, 4) is 0 Å². The van der Waals surface area contributed by atoms with Gasteiger partial charge in [0.25, 0.3) is 0 Å². The second-order valence-corrected chi connectivity index (χ2v) is 3.92. The van der Waals surface area contributed by atoms with Crippen LogP contribution in [0.15, 0.2) is 12.3 Å². The lowest BCUT2D eigenvalue weighted by Crippen LogP contribution is -2.29. The van der Waals surface area contributed by atoms with Crippen molar-refractivity contribution in [2.45, 2.75) is 32.2 Å². The summed E-state index contributed by atoms with van der Waals surface area (Å²) >= 11 is 5.77. The molecule has 1 fully saturated rings. The predicted octanol–water partition coefficient (Wildman–Crippen LogP) is 2.51. The molecule has 1 aliphatic rings. The molecule has 1 aliphatic heterocycles. The van der Waals surface area contributed by atoms with Gasteiger partial charge < -0.3 is 4.90 Å². The summed E-state index contributed by atoms with van der Waals surface area (Å²) in [5.74, 6) is 0.967. The minimum Gasteiger partial charge on any atom is -0.354 e. The van der Waals surface area contributed by atoms with Gasteiger partial charge in [-0.15, -0.1) is 0 Å². The summed E-state index contributed by atoms with van der Waals surface area (Å²) in [6, 6.07) is 2.56. The maximum Gasteiger partial charge on any atom is 0.224 e. The Morgan fingerprint density at radius 3 is 3.21 bits per heavy atom. The summed E-state index contributed by atoms with van der Waals surface area (Å²) in [4.78, 5) is 10.5. The van der Waals surface area contributed by atoms with Crippen LogP contribution in [0.4, 0.5) is 5.82 Å². The SMILES string of the molecule is CCC1CCCN1c1ccnc(Cl)n1. The third-order valence-corrected chi connectivity index (χ3v) is 2.94. The van der Waals surface area contributed by atoms with Crippen molar-refractivity contribution in [2.24, 2.45) is 0 Å². The van der Waals surface area contributed by atoms with Crippen molar-refractivity contribution >= 4 is 17.4 Å². The number of anilines is 1. The Kier molecular flexibility index (Phi) is 2.87. The third-order valence-electron chi connectivity index (χ3n) is 2.75. The molecule has 0 N–H and O–H groups in total. The number of hydrogen-bond donors (Lipinski definition) is 0. The first-order valence-corrected chi connectivity index (χ1v) is 5.44. The van der Waals surface area contributed by atoms with Gasteiger partial charge in [-0.2, -0.15) is 0 Å². The number of aromatic nitrogens is 2. The van der Waals surface area contributed by atoms with Crippen molar-refractivity contribution in [1.82, 2.24) is 9.97 Å². The molecule has 1 saturated heterocycles. The van der Waals surface area contributed by atoms with Gasteiger partial charge in [0.15, 0.2) is 0 Å². The van der Waals surface area contributed by atoms with Gasteiger partial charge in [0.05, 0.1) is 0 Å². The first-order valence-electron chi connectivity index (χ1n) is 5.06. The van der Waals surface area contributed by atoms with Gasteiger partial charge in [-0.05, 0) is 36.9 Å². The summed E-state index contributed by atoms with van der Waals surface area (Å²) in [6.07, 6.45) is 5.40. The van der Waals surface area contributed by atoms with E-state index in [1.807, 2.05) is 6.07 Å². The lowest BCUT2D eigenvalue weighted by molar-refractivity contribution is 0.640. The maximum absolute atomic E-state index is 5.77. The average Bonchev–Trinajstić information content (AvgIpc) is 2.65. The molecule has 0 spiro atoms. The van der Waals surface area contributed by atoms with E-state index in [4.69, 9.17) is 11.6 Å². The van der Waals surface area contributed by atoms with Crippen LogP contribution in [0.25, 0.3) is 0 Å². The highest BCUT2D eigenvalue weighted by atomic mass is 35.5. The van der Waals surface area contributed by atoms with E-state index >= 15 is 0 Å². The van der Waals surface area contributed by atoms with Crippen LogP contribution in [0.1, 0.15) is 26.2 Å². The normalized spacial score (nSPS) is 21.6. The molecule has 76 valence electrons. The van der Waals surface area contributed by atoms with Crippen LogP contribution in [0.2, 0.25) is 5.28 Å².